The molecule has 0 aliphatic carbocycles. The first-order valence-electron chi connectivity index (χ1n) is 14.8. The predicted octanol–water partition coefficient (Wildman–Crippen LogP) is 4.18. The second kappa shape index (κ2) is 13.2. The number of halogens is 1. The van der Waals surface area contributed by atoms with E-state index < -0.39 is 35.6 Å². The van der Waals surface area contributed by atoms with Crippen LogP contribution in [0.4, 0.5) is 5.69 Å². The van der Waals surface area contributed by atoms with E-state index in [4.69, 9.17) is 4.74 Å². The molecule has 1 spiro atoms. The van der Waals surface area contributed by atoms with E-state index in [1.165, 1.54) is 0 Å². The topological polar surface area (TPSA) is 90.4 Å². The summed E-state index contributed by atoms with van der Waals surface area (Å²) in [4.78, 5) is 48.1. The average molecular weight is 631 g/mol. The first-order valence-corrected chi connectivity index (χ1v) is 15.7. The van der Waals surface area contributed by atoms with Gasteiger partial charge in [-0.3, -0.25) is 14.4 Å². The molecule has 3 fully saturated rings. The maximum Gasteiger partial charge on any atom is 0.248 e. The number of hydrogen-bond acceptors (Lipinski definition) is 5. The Morgan fingerprint density at radius 2 is 1.88 bits per heavy atom. The minimum Gasteiger partial charge on any atom is -0.394 e. The summed E-state index contributed by atoms with van der Waals surface area (Å²) in [6.45, 7) is 14.7. The van der Waals surface area contributed by atoms with E-state index in [0.29, 0.717) is 31.6 Å². The molecule has 1 aromatic carbocycles. The zero-order chi connectivity index (χ0) is 29.9. The normalized spacial score (nSPS) is 29.0. The second-order valence-electron chi connectivity index (χ2n) is 11.9. The van der Waals surface area contributed by atoms with Crippen LogP contribution in [-0.2, 0) is 19.1 Å². The van der Waals surface area contributed by atoms with Crippen molar-refractivity contribution in [1.29, 1.82) is 0 Å². The minimum absolute atomic E-state index is 0.178. The molecule has 3 unspecified atom stereocenters. The molecule has 3 aliphatic rings. The number of carbonyl (C=O) groups excluding carboxylic acids is 3. The fourth-order valence-corrected chi connectivity index (χ4v) is 7.99. The Morgan fingerprint density at radius 3 is 2.46 bits per heavy atom. The van der Waals surface area contributed by atoms with Crippen molar-refractivity contribution in [1.82, 2.24) is 9.80 Å². The summed E-state index contributed by atoms with van der Waals surface area (Å²) in [6, 6.07) is 7.82. The number of carbonyl (C=O) groups is 3. The van der Waals surface area contributed by atoms with Gasteiger partial charge in [0.2, 0.25) is 17.7 Å². The third-order valence-electron chi connectivity index (χ3n) is 8.68. The summed E-state index contributed by atoms with van der Waals surface area (Å²) >= 11 is 3.76. The SMILES string of the molecule is C=CCN(CCCC)C(=O)C1N([C@@H](CO)CC(C)C)C(=O)[C@@H]2[C@@H](C(=O)N(CC=C)c3ccccc3)[C@@H]3OC12CC3Br. The zero-order valence-corrected chi connectivity index (χ0v) is 26.0. The average Bonchev–Trinajstić information content (AvgIpc) is 3.55. The number of para-hydroxylation sites is 1. The zero-order valence-electron chi connectivity index (χ0n) is 24.5. The van der Waals surface area contributed by atoms with Crippen LogP contribution in [0.2, 0.25) is 0 Å². The number of rotatable bonds is 14. The highest BCUT2D eigenvalue weighted by Gasteiger charge is 2.77. The molecule has 8 nitrogen and oxygen atoms in total. The van der Waals surface area contributed by atoms with E-state index in [-0.39, 0.29) is 41.6 Å². The third-order valence-corrected chi connectivity index (χ3v) is 9.53. The van der Waals surface area contributed by atoms with Crippen molar-refractivity contribution < 1.29 is 24.2 Å². The lowest BCUT2D eigenvalue weighted by Crippen LogP contribution is -2.59. The first-order chi connectivity index (χ1) is 19.7. The summed E-state index contributed by atoms with van der Waals surface area (Å²) < 4.78 is 6.72. The molecular formula is C32H44BrN3O5. The number of aliphatic hydroxyl groups excluding tert-OH is 1. The van der Waals surface area contributed by atoms with Crippen LogP contribution in [0.5, 0.6) is 0 Å². The van der Waals surface area contributed by atoms with E-state index in [1.54, 1.807) is 26.9 Å². The van der Waals surface area contributed by atoms with Crippen LogP contribution >= 0.6 is 15.9 Å². The van der Waals surface area contributed by atoms with Gasteiger partial charge in [0.15, 0.2) is 0 Å². The lowest BCUT2D eigenvalue weighted by Gasteiger charge is -2.40. The Labute approximate surface area is 252 Å². The number of ether oxygens (including phenoxy) is 1. The van der Waals surface area contributed by atoms with Crippen LogP contribution in [0, 0.1) is 17.8 Å². The third kappa shape index (κ3) is 5.65. The number of amides is 3. The van der Waals surface area contributed by atoms with Crippen LogP contribution in [-0.4, -0.2) is 87.5 Å². The Kier molecular flexibility index (Phi) is 10.1. The molecule has 224 valence electrons. The lowest BCUT2D eigenvalue weighted by molar-refractivity contribution is -0.151. The lowest BCUT2D eigenvalue weighted by atomic mass is 9.70. The monoisotopic (exact) mass is 629 g/mol. The Balaban J connectivity index is 1.82. The van der Waals surface area contributed by atoms with Crippen molar-refractivity contribution in [2.75, 3.05) is 31.1 Å². The summed E-state index contributed by atoms with van der Waals surface area (Å²) in [5.41, 5.74) is -0.472. The Bertz CT molecular complexity index is 1130. The van der Waals surface area contributed by atoms with Crippen LogP contribution < -0.4 is 4.90 Å². The number of hydrogen-bond donors (Lipinski definition) is 1. The maximum atomic E-state index is 14.5. The molecule has 1 N–H and O–H groups in total. The Hall–Kier alpha value is -2.49. The maximum absolute atomic E-state index is 14.5. The van der Waals surface area contributed by atoms with Gasteiger partial charge in [-0.2, -0.15) is 0 Å². The molecule has 3 amide bonds. The molecule has 41 heavy (non-hydrogen) atoms. The highest BCUT2D eigenvalue weighted by molar-refractivity contribution is 9.09. The number of benzene rings is 1. The summed E-state index contributed by atoms with van der Waals surface area (Å²) in [5, 5.41) is 10.5. The van der Waals surface area contributed by atoms with Crippen molar-refractivity contribution >= 4 is 39.3 Å². The highest BCUT2D eigenvalue weighted by Crippen LogP contribution is 2.61. The van der Waals surface area contributed by atoms with Crippen molar-refractivity contribution in [3.05, 3.63) is 55.6 Å². The number of fused-ring (bicyclic) bond motifs is 1. The van der Waals surface area contributed by atoms with Gasteiger partial charge in [-0.15, -0.1) is 13.2 Å². The fraction of sp³-hybridized carbons (Fsp3) is 0.594. The number of unbranched alkanes of at least 4 members (excludes halogenated alkanes) is 1. The summed E-state index contributed by atoms with van der Waals surface area (Å²) in [6.07, 6.45) is 5.47. The Morgan fingerprint density at radius 1 is 1.20 bits per heavy atom. The molecule has 4 rings (SSSR count). The van der Waals surface area contributed by atoms with Gasteiger partial charge in [-0.05, 0) is 37.3 Å². The van der Waals surface area contributed by atoms with Gasteiger partial charge in [-0.25, -0.2) is 0 Å². The van der Waals surface area contributed by atoms with E-state index in [9.17, 15) is 19.5 Å². The van der Waals surface area contributed by atoms with Crippen LogP contribution in [0.3, 0.4) is 0 Å². The van der Waals surface area contributed by atoms with Crippen molar-refractivity contribution in [2.45, 2.75) is 75.1 Å². The van der Waals surface area contributed by atoms with Gasteiger partial charge < -0.3 is 24.5 Å². The molecule has 0 radical (unpaired) electrons. The first kappa shape index (κ1) is 31.4. The number of nitrogens with zero attached hydrogens (tertiary/aromatic N) is 3. The van der Waals surface area contributed by atoms with E-state index in [2.05, 4.69) is 36.0 Å². The number of alkyl halides is 1. The molecule has 9 heteroatoms. The van der Waals surface area contributed by atoms with E-state index >= 15 is 0 Å². The van der Waals surface area contributed by atoms with E-state index in [0.717, 1.165) is 12.8 Å². The molecule has 0 saturated carbocycles. The number of anilines is 1. The van der Waals surface area contributed by atoms with Crippen molar-refractivity contribution in [3.8, 4) is 0 Å². The predicted molar refractivity (Wildman–Crippen MR) is 164 cm³/mol. The highest BCUT2D eigenvalue weighted by atomic mass is 79.9. The number of aliphatic hydroxyl groups is 1. The fourth-order valence-electron chi connectivity index (χ4n) is 7.05. The minimum atomic E-state index is -1.18. The van der Waals surface area contributed by atoms with Gasteiger partial charge in [0.25, 0.3) is 0 Å². The van der Waals surface area contributed by atoms with Gasteiger partial charge >= 0.3 is 0 Å². The van der Waals surface area contributed by atoms with Gasteiger partial charge in [0.1, 0.15) is 11.6 Å². The molecule has 3 aliphatic heterocycles. The van der Waals surface area contributed by atoms with Gasteiger partial charge in [0, 0.05) is 30.1 Å². The second-order valence-corrected chi connectivity index (χ2v) is 13.1. The largest absolute Gasteiger partial charge is 0.394 e. The smallest absolute Gasteiger partial charge is 0.248 e. The molecule has 1 aromatic rings. The number of likely N-dealkylation sites (tertiary alicyclic amines) is 1. The molecule has 0 aromatic heterocycles. The molecule has 2 bridgehead atoms. The van der Waals surface area contributed by atoms with Crippen LogP contribution in [0.15, 0.2) is 55.6 Å². The van der Waals surface area contributed by atoms with E-state index in [1.807, 2.05) is 44.2 Å². The summed E-state index contributed by atoms with van der Waals surface area (Å²) in [7, 11) is 0. The summed E-state index contributed by atoms with van der Waals surface area (Å²) in [5.74, 6) is -2.17. The molecule has 7 atom stereocenters. The van der Waals surface area contributed by atoms with Crippen LogP contribution in [0.1, 0.15) is 46.5 Å². The van der Waals surface area contributed by atoms with Gasteiger partial charge in [0.05, 0.1) is 30.6 Å². The van der Waals surface area contributed by atoms with Crippen molar-refractivity contribution in [2.24, 2.45) is 17.8 Å². The van der Waals surface area contributed by atoms with Crippen molar-refractivity contribution in [3.63, 3.8) is 0 Å². The molecular weight excluding hydrogens is 586 g/mol. The molecule has 3 heterocycles. The molecule has 3 saturated heterocycles. The van der Waals surface area contributed by atoms with Crippen LogP contribution in [0.25, 0.3) is 0 Å². The standard InChI is InChI=1S/C32H44BrN3O5/c1-6-9-17-34(15-7-2)31(40)28-32-19-24(33)27(41-32)25(26(32)30(39)36(28)23(20-37)18-21(4)5)29(38)35(16-8-3)22-13-11-10-12-14-22/h7-8,10-14,21,23-28,37H,2-3,6,9,15-20H2,1,4-5H3/t23-,24?,25-,26+,27-,28?,32?/m1/s1. The quantitative estimate of drug-likeness (QED) is 0.246. The van der Waals surface area contributed by atoms with Gasteiger partial charge in [-0.1, -0.05) is 73.5 Å².